The predicted molar refractivity (Wildman–Crippen MR) is 97.4 cm³/mol. The first kappa shape index (κ1) is 17.7. The van der Waals surface area contributed by atoms with E-state index in [2.05, 4.69) is 10.5 Å². The van der Waals surface area contributed by atoms with Crippen molar-refractivity contribution in [3.8, 4) is 11.3 Å². The van der Waals surface area contributed by atoms with Gasteiger partial charge in [0.1, 0.15) is 0 Å². The molecule has 1 aromatic heterocycles. The molecule has 0 atom stereocenters. The monoisotopic (exact) mass is 370 g/mol. The van der Waals surface area contributed by atoms with Gasteiger partial charge in [0.2, 0.25) is 0 Å². The summed E-state index contributed by atoms with van der Waals surface area (Å²) in [6, 6.07) is 13.4. The second kappa shape index (κ2) is 7.41. The molecule has 0 bridgehead atoms. The van der Waals surface area contributed by atoms with Crippen LogP contribution in [-0.2, 0) is 4.74 Å². The lowest BCUT2D eigenvalue weighted by atomic mass is 10.1. The maximum Gasteiger partial charge on any atom is 0.337 e. The van der Waals surface area contributed by atoms with Gasteiger partial charge in [-0.1, -0.05) is 22.8 Å². The third-order valence-electron chi connectivity index (χ3n) is 3.78. The molecule has 6 nitrogen and oxygen atoms in total. The summed E-state index contributed by atoms with van der Waals surface area (Å²) in [6.07, 6.45) is 0. The third kappa shape index (κ3) is 3.75. The summed E-state index contributed by atoms with van der Waals surface area (Å²) in [5.74, 6) is -0.474. The summed E-state index contributed by atoms with van der Waals surface area (Å²) in [7, 11) is 1.30. The Bertz CT molecular complexity index is 964. The van der Waals surface area contributed by atoms with Crippen LogP contribution in [0.3, 0.4) is 0 Å². The maximum atomic E-state index is 12.4. The minimum Gasteiger partial charge on any atom is -0.465 e. The summed E-state index contributed by atoms with van der Waals surface area (Å²) >= 11 is 5.86. The number of nitrogens with zero attached hydrogens (tertiary/aromatic N) is 1. The molecule has 1 heterocycles. The molecule has 3 rings (SSSR count). The molecule has 0 aliphatic rings. The average molecular weight is 371 g/mol. The van der Waals surface area contributed by atoms with E-state index in [1.165, 1.54) is 13.2 Å². The lowest BCUT2D eigenvalue weighted by molar-refractivity contribution is 0.0600. The number of benzene rings is 2. The zero-order valence-electron chi connectivity index (χ0n) is 14.1. The fourth-order valence-electron chi connectivity index (χ4n) is 2.32. The van der Waals surface area contributed by atoms with Crippen molar-refractivity contribution in [1.82, 2.24) is 5.16 Å². The molecule has 0 aliphatic heterocycles. The fourth-order valence-corrected chi connectivity index (χ4v) is 2.45. The number of carbonyl (C=O) groups excluding carboxylic acids is 2. The highest BCUT2D eigenvalue weighted by Gasteiger charge is 2.16. The highest BCUT2D eigenvalue weighted by molar-refractivity contribution is 6.30. The van der Waals surface area contributed by atoms with Crippen LogP contribution < -0.4 is 5.32 Å². The SMILES string of the molecule is COC(=O)c1ccc(C)c(NC(=O)c2cc(-c3ccc(Cl)cc3)on2)c1. The van der Waals surface area contributed by atoms with Crippen molar-refractivity contribution < 1.29 is 18.8 Å². The topological polar surface area (TPSA) is 81.4 Å². The summed E-state index contributed by atoms with van der Waals surface area (Å²) in [6.45, 7) is 1.82. The summed E-state index contributed by atoms with van der Waals surface area (Å²) in [4.78, 5) is 24.1. The predicted octanol–water partition coefficient (Wildman–Crippen LogP) is 4.34. The van der Waals surface area contributed by atoms with E-state index in [1.54, 1.807) is 42.5 Å². The van der Waals surface area contributed by atoms with Crippen molar-refractivity contribution in [2.45, 2.75) is 6.92 Å². The molecule has 2 aromatic carbocycles. The molecule has 1 N–H and O–H groups in total. The molecule has 26 heavy (non-hydrogen) atoms. The Morgan fingerprint density at radius 2 is 1.85 bits per heavy atom. The van der Waals surface area contributed by atoms with E-state index in [1.807, 2.05) is 6.92 Å². The smallest absolute Gasteiger partial charge is 0.337 e. The van der Waals surface area contributed by atoms with Gasteiger partial charge >= 0.3 is 5.97 Å². The Hall–Kier alpha value is -3.12. The molecular weight excluding hydrogens is 356 g/mol. The number of amides is 1. The van der Waals surface area contributed by atoms with E-state index >= 15 is 0 Å². The zero-order valence-corrected chi connectivity index (χ0v) is 14.8. The number of aryl methyl sites for hydroxylation is 1. The van der Waals surface area contributed by atoms with E-state index in [9.17, 15) is 9.59 Å². The molecular formula is C19H15ClN2O4. The van der Waals surface area contributed by atoms with Crippen LogP contribution in [0.1, 0.15) is 26.4 Å². The van der Waals surface area contributed by atoms with Crippen molar-refractivity contribution in [3.63, 3.8) is 0 Å². The van der Waals surface area contributed by atoms with Gasteiger partial charge < -0.3 is 14.6 Å². The molecule has 1 amide bonds. The summed E-state index contributed by atoms with van der Waals surface area (Å²) in [5, 5.41) is 7.14. The molecule has 3 aromatic rings. The van der Waals surface area contributed by atoms with Gasteiger partial charge in [-0.15, -0.1) is 0 Å². The van der Waals surface area contributed by atoms with Gasteiger partial charge in [-0.2, -0.15) is 0 Å². The first-order valence-corrected chi connectivity index (χ1v) is 8.08. The largest absolute Gasteiger partial charge is 0.465 e. The van der Waals surface area contributed by atoms with Gasteiger partial charge in [0.05, 0.1) is 12.7 Å². The number of carbonyl (C=O) groups is 2. The first-order chi connectivity index (χ1) is 12.5. The Morgan fingerprint density at radius 3 is 2.54 bits per heavy atom. The minimum atomic E-state index is -0.480. The molecule has 0 fully saturated rings. The summed E-state index contributed by atoms with van der Waals surface area (Å²) < 4.78 is 9.92. The van der Waals surface area contributed by atoms with Crippen LogP contribution in [-0.4, -0.2) is 24.1 Å². The van der Waals surface area contributed by atoms with E-state index < -0.39 is 11.9 Å². The number of anilines is 1. The highest BCUT2D eigenvalue weighted by Crippen LogP contribution is 2.23. The number of ether oxygens (including phenoxy) is 1. The molecule has 0 aliphatic carbocycles. The second-order valence-corrected chi connectivity index (χ2v) is 6.00. The molecule has 0 spiro atoms. The number of rotatable bonds is 4. The summed E-state index contributed by atoms with van der Waals surface area (Å²) in [5.41, 5.74) is 2.51. The van der Waals surface area contributed by atoms with E-state index in [-0.39, 0.29) is 5.69 Å². The van der Waals surface area contributed by atoms with Gasteiger partial charge in [-0.05, 0) is 48.9 Å². The Morgan fingerprint density at radius 1 is 1.12 bits per heavy atom. The van der Waals surface area contributed by atoms with Crippen molar-refractivity contribution in [2.24, 2.45) is 0 Å². The molecule has 0 radical (unpaired) electrons. The van der Waals surface area contributed by atoms with Crippen molar-refractivity contribution >= 4 is 29.2 Å². The number of halogens is 1. The molecule has 0 saturated heterocycles. The number of hydrogen-bond acceptors (Lipinski definition) is 5. The number of aromatic nitrogens is 1. The number of hydrogen-bond donors (Lipinski definition) is 1. The van der Waals surface area contributed by atoms with Gasteiger partial charge in [0.15, 0.2) is 11.5 Å². The van der Waals surface area contributed by atoms with Crippen molar-refractivity contribution in [2.75, 3.05) is 12.4 Å². The van der Waals surface area contributed by atoms with E-state index in [0.29, 0.717) is 22.0 Å². The normalized spacial score (nSPS) is 10.4. The van der Waals surface area contributed by atoms with Gasteiger partial charge in [-0.3, -0.25) is 4.79 Å². The van der Waals surface area contributed by atoms with E-state index in [0.717, 1.165) is 11.1 Å². The number of esters is 1. The second-order valence-electron chi connectivity index (χ2n) is 5.56. The molecule has 0 saturated carbocycles. The van der Waals surface area contributed by atoms with Crippen LogP contribution >= 0.6 is 11.6 Å². The third-order valence-corrected chi connectivity index (χ3v) is 4.03. The fraction of sp³-hybridized carbons (Fsp3) is 0.105. The van der Waals surface area contributed by atoms with Gasteiger partial charge in [0.25, 0.3) is 5.91 Å². The lowest BCUT2D eigenvalue weighted by Crippen LogP contribution is -2.14. The van der Waals surface area contributed by atoms with Crippen LogP contribution in [0.2, 0.25) is 5.02 Å². The van der Waals surface area contributed by atoms with Crippen molar-refractivity contribution in [1.29, 1.82) is 0 Å². The van der Waals surface area contributed by atoms with E-state index in [4.69, 9.17) is 20.9 Å². The van der Waals surface area contributed by atoms with Gasteiger partial charge in [0, 0.05) is 22.3 Å². The Balaban J connectivity index is 1.81. The van der Waals surface area contributed by atoms with Crippen LogP contribution in [0, 0.1) is 6.92 Å². The van der Waals surface area contributed by atoms with Crippen LogP contribution in [0.25, 0.3) is 11.3 Å². The Kier molecular flexibility index (Phi) is 5.04. The van der Waals surface area contributed by atoms with Crippen LogP contribution in [0.15, 0.2) is 53.1 Å². The molecule has 132 valence electrons. The zero-order chi connectivity index (χ0) is 18.7. The average Bonchev–Trinajstić information content (AvgIpc) is 3.13. The number of nitrogens with one attached hydrogen (secondary N) is 1. The number of methoxy groups -OCH3 is 1. The highest BCUT2D eigenvalue weighted by atomic mass is 35.5. The standard InChI is InChI=1S/C19H15ClN2O4/c1-11-3-4-13(19(24)25-2)9-15(11)21-18(23)16-10-17(26-22-16)12-5-7-14(20)8-6-12/h3-10H,1-2H3,(H,21,23). The molecule has 7 heteroatoms. The lowest BCUT2D eigenvalue weighted by Gasteiger charge is -2.08. The van der Waals surface area contributed by atoms with Gasteiger partial charge in [-0.25, -0.2) is 4.79 Å². The molecule has 0 unspecified atom stereocenters. The minimum absolute atomic E-state index is 0.123. The van der Waals surface area contributed by atoms with Crippen LogP contribution in [0.5, 0.6) is 0 Å². The van der Waals surface area contributed by atoms with Crippen LogP contribution in [0.4, 0.5) is 5.69 Å². The Labute approximate surface area is 154 Å². The quantitative estimate of drug-likeness (QED) is 0.691. The first-order valence-electron chi connectivity index (χ1n) is 7.71. The maximum absolute atomic E-state index is 12.4. The van der Waals surface area contributed by atoms with Crippen molar-refractivity contribution in [3.05, 3.63) is 70.4 Å².